The zero-order valence-corrected chi connectivity index (χ0v) is 13.6. The van der Waals surface area contributed by atoms with Crippen molar-refractivity contribution in [3.05, 3.63) is 63.6 Å². The standard InChI is InChI=1S/C16H19N3O3S/c20-16-11-14-7-4-8-15(14)18-19(16)10-9-17-23(21,22)12-13-5-2-1-3-6-13/h1-3,5-6,11,17H,4,7-10,12H2. The van der Waals surface area contributed by atoms with Crippen molar-refractivity contribution < 1.29 is 8.42 Å². The van der Waals surface area contributed by atoms with Gasteiger partial charge in [-0.3, -0.25) is 4.79 Å². The third-order valence-corrected chi connectivity index (χ3v) is 5.23. The van der Waals surface area contributed by atoms with Gasteiger partial charge in [0.15, 0.2) is 0 Å². The molecular weight excluding hydrogens is 314 g/mol. The van der Waals surface area contributed by atoms with Crippen molar-refractivity contribution in [1.29, 1.82) is 0 Å². The van der Waals surface area contributed by atoms with Gasteiger partial charge in [-0.1, -0.05) is 30.3 Å². The Kier molecular flexibility index (Phi) is 4.58. The first-order chi connectivity index (χ1) is 11.0. The monoisotopic (exact) mass is 333 g/mol. The van der Waals surface area contributed by atoms with E-state index in [0.717, 1.165) is 36.1 Å². The number of fused-ring (bicyclic) bond motifs is 1. The molecule has 1 heterocycles. The average molecular weight is 333 g/mol. The van der Waals surface area contributed by atoms with Crippen molar-refractivity contribution in [3.8, 4) is 0 Å². The number of aromatic nitrogens is 2. The normalized spacial score (nSPS) is 13.9. The Morgan fingerprint density at radius 2 is 1.96 bits per heavy atom. The Labute approximate surface area is 135 Å². The number of sulfonamides is 1. The molecule has 0 amide bonds. The van der Waals surface area contributed by atoms with Gasteiger partial charge in [-0.25, -0.2) is 17.8 Å². The molecule has 23 heavy (non-hydrogen) atoms. The zero-order valence-electron chi connectivity index (χ0n) is 12.7. The molecule has 1 aromatic heterocycles. The molecule has 0 unspecified atom stereocenters. The van der Waals surface area contributed by atoms with Gasteiger partial charge in [-0.15, -0.1) is 0 Å². The van der Waals surface area contributed by atoms with E-state index in [1.54, 1.807) is 30.3 Å². The third kappa shape index (κ3) is 4.05. The lowest BCUT2D eigenvalue weighted by Crippen LogP contribution is -2.33. The van der Waals surface area contributed by atoms with Gasteiger partial charge in [0.05, 0.1) is 18.0 Å². The van der Waals surface area contributed by atoms with Crippen LogP contribution < -0.4 is 10.3 Å². The second-order valence-corrected chi connectivity index (χ2v) is 7.48. The molecule has 0 saturated carbocycles. The number of benzene rings is 1. The molecule has 1 aromatic carbocycles. The van der Waals surface area contributed by atoms with Crippen LogP contribution in [0.2, 0.25) is 0 Å². The number of nitrogens with zero attached hydrogens (tertiary/aromatic N) is 2. The highest BCUT2D eigenvalue weighted by Crippen LogP contribution is 2.16. The van der Waals surface area contributed by atoms with Crippen molar-refractivity contribution in [2.24, 2.45) is 0 Å². The number of rotatable bonds is 6. The van der Waals surface area contributed by atoms with E-state index in [9.17, 15) is 13.2 Å². The summed E-state index contributed by atoms with van der Waals surface area (Å²) in [5, 5.41) is 4.33. The van der Waals surface area contributed by atoms with Crippen LogP contribution in [0.15, 0.2) is 41.2 Å². The fourth-order valence-corrected chi connectivity index (χ4v) is 3.89. The average Bonchev–Trinajstić information content (AvgIpc) is 2.95. The molecular formula is C16H19N3O3S. The van der Waals surface area contributed by atoms with Crippen molar-refractivity contribution in [2.45, 2.75) is 31.6 Å². The molecule has 6 nitrogen and oxygen atoms in total. The summed E-state index contributed by atoms with van der Waals surface area (Å²) in [7, 11) is -3.42. The lowest BCUT2D eigenvalue weighted by molar-refractivity contribution is 0.541. The highest BCUT2D eigenvalue weighted by molar-refractivity contribution is 7.88. The maximum Gasteiger partial charge on any atom is 0.267 e. The van der Waals surface area contributed by atoms with Crippen molar-refractivity contribution in [2.75, 3.05) is 6.54 Å². The summed E-state index contributed by atoms with van der Waals surface area (Å²) >= 11 is 0. The summed E-state index contributed by atoms with van der Waals surface area (Å²) in [5.41, 5.74) is 2.54. The van der Waals surface area contributed by atoms with Crippen LogP contribution in [0, 0.1) is 0 Å². The predicted octanol–water partition coefficient (Wildman–Crippen LogP) is 0.852. The van der Waals surface area contributed by atoms with Gasteiger partial charge in [0, 0.05) is 12.6 Å². The second kappa shape index (κ2) is 6.64. The predicted molar refractivity (Wildman–Crippen MR) is 87.6 cm³/mol. The second-order valence-electron chi connectivity index (χ2n) is 5.67. The van der Waals surface area contributed by atoms with Gasteiger partial charge >= 0.3 is 0 Å². The summed E-state index contributed by atoms with van der Waals surface area (Å²) in [4.78, 5) is 11.9. The molecule has 1 aliphatic rings. The van der Waals surface area contributed by atoms with E-state index in [4.69, 9.17) is 0 Å². The fourth-order valence-electron chi connectivity index (χ4n) is 2.75. The third-order valence-electron chi connectivity index (χ3n) is 3.87. The number of hydrogen-bond donors (Lipinski definition) is 1. The van der Waals surface area contributed by atoms with Gasteiger partial charge in [0.25, 0.3) is 5.56 Å². The van der Waals surface area contributed by atoms with Crippen LogP contribution in [0.25, 0.3) is 0 Å². The van der Waals surface area contributed by atoms with Crippen molar-refractivity contribution >= 4 is 10.0 Å². The first-order valence-corrected chi connectivity index (χ1v) is 9.30. The minimum Gasteiger partial charge on any atom is -0.268 e. The molecule has 7 heteroatoms. The first kappa shape index (κ1) is 15.9. The molecule has 0 bridgehead atoms. The van der Waals surface area contributed by atoms with Gasteiger partial charge in [-0.2, -0.15) is 5.10 Å². The van der Waals surface area contributed by atoms with Crippen LogP contribution in [0.1, 0.15) is 23.2 Å². The molecule has 0 spiro atoms. The van der Waals surface area contributed by atoms with Crippen molar-refractivity contribution in [3.63, 3.8) is 0 Å². The summed E-state index contributed by atoms with van der Waals surface area (Å²) in [6.07, 6.45) is 2.81. The Hall–Kier alpha value is -1.99. The van der Waals surface area contributed by atoms with Crippen LogP contribution in [0.4, 0.5) is 0 Å². The van der Waals surface area contributed by atoms with E-state index in [1.807, 2.05) is 6.07 Å². The molecule has 0 atom stereocenters. The largest absolute Gasteiger partial charge is 0.268 e. The van der Waals surface area contributed by atoms with E-state index in [1.165, 1.54) is 4.68 Å². The maximum absolute atomic E-state index is 12.0. The van der Waals surface area contributed by atoms with Crippen LogP contribution in [0.3, 0.4) is 0 Å². The van der Waals surface area contributed by atoms with Crippen LogP contribution >= 0.6 is 0 Å². The maximum atomic E-state index is 12.0. The molecule has 1 N–H and O–H groups in total. The summed E-state index contributed by atoms with van der Waals surface area (Å²) < 4.78 is 28.0. The van der Waals surface area contributed by atoms with E-state index < -0.39 is 10.0 Å². The van der Waals surface area contributed by atoms with Gasteiger partial charge < -0.3 is 0 Å². The first-order valence-electron chi connectivity index (χ1n) is 7.65. The van der Waals surface area contributed by atoms with Gasteiger partial charge in [0.1, 0.15) is 0 Å². The minimum absolute atomic E-state index is 0.0691. The Balaban J connectivity index is 1.60. The van der Waals surface area contributed by atoms with Crippen molar-refractivity contribution in [1.82, 2.24) is 14.5 Å². The lowest BCUT2D eigenvalue weighted by Gasteiger charge is -2.09. The highest BCUT2D eigenvalue weighted by atomic mass is 32.2. The summed E-state index contributed by atoms with van der Waals surface area (Å²) in [5.74, 6) is -0.0691. The number of aryl methyl sites for hydroxylation is 2. The molecule has 0 fully saturated rings. The van der Waals surface area contributed by atoms with E-state index in [-0.39, 0.29) is 24.4 Å². The van der Waals surface area contributed by atoms with E-state index in [0.29, 0.717) is 0 Å². The Bertz CT molecular complexity index is 845. The molecule has 2 aromatic rings. The van der Waals surface area contributed by atoms with E-state index >= 15 is 0 Å². The molecule has 0 radical (unpaired) electrons. The van der Waals surface area contributed by atoms with E-state index in [2.05, 4.69) is 9.82 Å². The zero-order chi connectivity index (χ0) is 16.3. The van der Waals surface area contributed by atoms with Gasteiger partial charge in [0.2, 0.25) is 10.0 Å². The highest BCUT2D eigenvalue weighted by Gasteiger charge is 2.15. The smallest absolute Gasteiger partial charge is 0.267 e. The van der Waals surface area contributed by atoms with Crippen LogP contribution in [0.5, 0.6) is 0 Å². The van der Waals surface area contributed by atoms with Crippen LogP contribution in [-0.2, 0) is 35.2 Å². The molecule has 1 aliphatic carbocycles. The molecule has 0 saturated heterocycles. The summed E-state index contributed by atoms with van der Waals surface area (Å²) in [6, 6.07) is 10.6. The molecule has 0 aliphatic heterocycles. The number of hydrogen-bond acceptors (Lipinski definition) is 4. The topological polar surface area (TPSA) is 81.1 Å². The fraction of sp³-hybridized carbons (Fsp3) is 0.375. The Morgan fingerprint density at radius 1 is 1.17 bits per heavy atom. The Morgan fingerprint density at radius 3 is 2.74 bits per heavy atom. The lowest BCUT2D eigenvalue weighted by atomic mass is 10.2. The quantitative estimate of drug-likeness (QED) is 0.850. The molecule has 3 rings (SSSR count). The number of nitrogens with one attached hydrogen (secondary N) is 1. The van der Waals surface area contributed by atoms with Gasteiger partial charge in [-0.05, 0) is 30.4 Å². The minimum atomic E-state index is -3.42. The SMILES string of the molecule is O=c1cc2c(nn1CCNS(=O)(=O)Cc1ccccc1)CCC2. The van der Waals surface area contributed by atoms with Crippen LogP contribution in [-0.4, -0.2) is 24.7 Å². The summed E-state index contributed by atoms with van der Waals surface area (Å²) in [6.45, 7) is 0.390. The molecule has 122 valence electrons.